The molecule has 1 N–H and O–H groups in total. The highest BCUT2D eigenvalue weighted by Gasteiger charge is 2.32. The topological polar surface area (TPSA) is 56.3 Å². The Labute approximate surface area is 93.0 Å². The average Bonchev–Trinajstić information content (AvgIpc) is 2.69. The fourth-order valence-electron chi connectivity index (χ4n) is 1.43. The summed E-state index contributed by atoms with van der Waals surface area (Å²) in [4.78, 5) is 4.21. The van der Waals surface area contributed by atoms with Crippen LogP contribution >= 0.6 is 11.5 Å². The minimum Gasteiger partial charge on any atom is -0.358 e. The van der Waals surface area contributed by atoms with Gasteiger partial charge in [0.25, 0.3) is 0 Å². The van der Waals surface area contributed by atoms with Crippen LogP contribution in [0.15, 0.2) is 0 Å². The molecule has 1 aromatic rings. The normalized spacial score (nSPS) is 24.3. The van der Waals surface area contributed by atoms with E-state index in [1.54, 1.807) is 0 Å². The third-order valence-corrected chi connectivity index (χ3v) is 2.84. The molecular formula is C9H15N3O2S. The lowest BCUT2D eigenvalue weighted by molar-refractivity contribution is -0.136. The van der Waals surface area contributed by atoms with Gasteiger partial charge in [-0.25, -0.2) is 4.98 Å². The summed E-state index contributed by atoms with van der Waals surface area (Å²) >= 11 is 1.36. The van der Waals surface area contributed by atoms with Crippen molar-refractivity contribution < 1.29 is 9.47 Å². The van der Waals surface area contributed by atoms with Crippen LogP contribution in [0.25, 0.3) is 0 Å². The number of hydrogen-bond donors (Lipinski definition) is 1. The molecule has 1 unspecified atom stereocenters. The molecule has 1 aliphatic heterocycles. The van der Waals surface area contributed by atoms with E-state index in [1.165, 1.54) is 11.5 Å². The second-order valence-corrected chi connectivity index (χ2v) is 4.73. The number of rotatable bonds is 3. The quantitative estimate of drug-likeness (QED) is 0.849. The molecule has 1 atom stereocenters. The zero-order valence-corrected chi connectivity index (χ0v) is 9.93. The SMILES string of the molecule is Cc1nsc(NCC2COC(C)(C)O2)n1. The van der Waals surface area contributed by atoms with E-state index in [4.69, 9.17) is 9.47 Å². The molecule has 1 aromatic heterocycles. The Hall–Kier alpha value is -0.720. The molecule has 2 heterocycles. The first-order valence-electron chi connectivity index (χ1n) is 4.91. The van der Waals surface area contributed by atoms with Gasteiger partial charge < -0.3 is 14.8 Å². The number of anilines is 1. The molecule has 0 bridgehead atoms. The van der Waals surface area contributed by atoms with E-state index < -0.39 is 5.79 Å². The van der Waals surface area contributed by atoms with Crippen molar-refractivity contribution in [2.45, 2.75) is 32.7 Å². The highest BCUT2D eigenvalue weighted by atomic mass is 32.1. The van der Waals surface area contributed by atoms with E-state index in [-0.39, 0.29) is 6.10 Å². The van der Waals surface area contributed by atoms with Crippen LogP contribution in [0, 0.1) is 6.92 Å². The van der Waals surface area contributed by atoms with Gasteiger partial charge in [0.05, 0.1) is 6.61 Å². The van der Waals surface area contributed by atoms with Crippen LogP contribution in [-0.2, 0) is 9.47 Å². The van der Waals surface area contributed by atoms with Gasteiger partial charge in [0, 0.05) is 18.1 Å². The molecule has 6 heteroatoms. The summed E-state index contributed by atoms with van der Waals surface area (Å²) in [6.07, 6.45) is 0.0872. The lowest BCUT2D eigenvalue weighted by atomic mass is 10.4. The van der Waals surface area contributed by atoms with Gasteiger partial charge in [-0.3, -0.25) is 0 Å². The minimum absolute atomic E-state index is 0.0872. The fraction of sp³-hybridized carbons (Fsp3) is 0.778. The first-order chi connectivity index (χ1) is 7.05. The van der Waals surface area contributed by atoms with Crippen LogP contribution in [-0.4, -0.2) is 34.4 Å². The molecule has 0 radical (unpaired) electrons. The Kier molecular flexibility index (Phi) is 2.90. The molecule has 1 fully saturated rings. The maximum Gasteiger partial charge on any atom is 0.202 e. The van der Waals surface area contributed by atoms with E-state index in [1.807, 2.05) is 20.8 Å². The Morgan fingerprint density at radius 2 is 2.40 bits per heavy atom. The molecule has 0 spiro atoms. The lowest BCUT2D eigenvalue weighted by Crippen LogP contribution is -2.25. The molecule has 0 saturated carbocycles. The van der Waals surface area contributed by atoms with Gasteiger partial charge in [0.2, 0.25) is 5.13 Å². The maximum atomic E-state index is 5.65. The summed E-state index contributed by atoms with van der Waals surface area (Å²) in [5.74, 6) is 0.343. The van der Waals surface area contributed by atoms with E-state index in [2.05, 4.69) is 14.7 Å². The van der Waals surface area contributed by atoms with Crippen molar-refractivity contribution in [2.24, 2.45) is 0 Å². The molecule has 1 saturated heterocycles. The van der Waals surface area contributed by atoms with Crippen molar-refractivity contribution in [3.05, 3.63) is 5.82 Å². The van der Waals surface area contributed by atoms with Crippen LogP contribution in [0.4, 0.5) is 5.13 Å². The molecular weight excluding hydrogens is 214 g/mol. The second kappa shape index (κ2) is 4.03. The van der Waals surface area contributed by atoms with Crippen LogP contribution in [0.2, 0.25) is 0 Å². The minimum atomic E-state index is -0.455. The monoisotopic (exact) mass is 229 g/mol. The largest absolute Gasteiger partial charge is 0.358 e. The van der Waals surface area contributed by atoms with Gasteiger partial charge in [0.1, 0.15) is 11.9 Å². The molecule has 1 aliphatic rings. The summed E-state index contributed by atoms with van der Waals surface area (Å²) in [6, 6.07) is 0. The summed E-state index contributed by atoms with van der Waals surface area (Å²) in [7, 11) is 0. The van der Waals surface area contributed by atoms with Gasteiger partial charge in [-0.05, 0) is 20.8 Å². The van der Waals surface area contributed by atoms with Crippen LogP contribution in [0.1, 0.15) is 19.7 Å². The predicted molar refractivity (Wildman–Crippen MR) is 58.0 cm³/mol. The standard InChI is InChI=1S/C9H15N3O2S/c1-6-11-8(15-12-6)10-4-7-5-13-9(2,3)14-7/h7H,4-5H2,1-3H3,(H,10,11,12). The number of nitrogens with zero attached hydrogens (tertiary/aromatic N) is 2. The summed E-state index contributed by atoms with van der Waals surface area (Å²) < 4.78 is 15.2. The van der Waals surface area contributed by atoms with Crippen LogP contribution in [0.5, 0.6) is 0 Å². The number of aryl methyl sites for hydroxylation is 1. The number of ether oxygens (including phenoxy) is 2. The zero-order chi connectivity index (χ0) is 10.9. The second-order valence-electron chi connectivity index (χ2n) is 3.98. The molecule has 84 valence electrons. The van der Waals surface area contributed by atoms with Crippen molar-refractivity contribution in [3.63, 3.8) is 0 Å². The fourth-order valence-corrected chi connectivity index (χ4v) is 2.01. The van der Waals surface area contributed by atoms with Crippen molar-refractivity contribution in [2.75, 3.05) is 18.5 Å². The first-order valence-corrected chi connectivity index (χ1v) is 5.68. The summed E-state index contributed by atoms with van der Waals surface area (Å²) in [5.41, 5.74) is 0. The Balaban J connectivity index is 1.80. The van der Waals surface area contributed by atoms with Gasteiger partial charge in [-0.15, -0.1) is 0 Å². The van der Waals surface area contributed by atoms with Crippen molar-refractivity contribution in [1.29, 1.82) is 0 Å². The number of nitrogens with one attached hydrogen (secondary N) is 1. The number of hydrogen-bond acceptors (Lipinski definition) is 6. The first kappa shape index (κ1) is 10.8. The van der Waals surface area contributed by atoms with E-state index in [0.717, 1.165) is 11.0 Å². The van der Waals surface area contributed by atoms with Gasteiger partial charge in [-0.2, -0.15) is 4.37 Å². The van der Waals surface area contributed by atoms with Crippen LogP contribution < -0.4 is 5.32 Å². The van der Waals surface area contributed by atoms with E-state index >= 15 is 0 Å². The molecule has 0 aliphatic carbocycles. The number of aromatic nitrogens is 2. The zero-order valence-electron chi connectivity index (χ0n) is 9.11. The van der Waals surface area contributed by atoms with Gasteiger partial charge in [-0.1, -0.05) is 0 Å². The molecule has 15 heavy (non-hydrogen) atoms. The summed E-state index contributed by atoms with van der Waals surface area (Å²) in [6.45, 7) is 7.04. The van der Waals surface area contributed by atoms with Crippen molar-refractivity contribution in [1.82, 2.24) is 9.36 Å². The van der Waals surface area contributed by atoms with E-state index in [9.17, 15) is 0 Å². The Morgan fingerprint density at radius 1 is 1.60 bits per heavy atom. The third-order valence-electron chi connectivity index (χ3n) is 2.08. The Bertz CT molecular complexity index is 340. The molecule has 0 amide bonds. The lowest BCUT2D eigenvalue weighted by Gasteiger charge is -2.16. The van der Waals surface area contributed by atoms with Crippen molar-refractivity contribution >= 4 is 16.7 Å². The smallest absolute Gasteiger partial charge is 0.202 e. The highest BCUT2D eigenvalue weighted by Crippen LogP contribution is 2.22. The highest BCUT2D eigenvalue weighted by molar-refractivity contribution is 7.09. The predicted octanol–water partition coefficient (Wildman–Crippen LogP) is 1.41. The summed E-state index contributed by atoms with van der Waals surface area (Å²) in [5, 5.41) is 4.02. The molecule has 5 nitrogen and oxygen atoms in total. The molecule has 2 rings (SSSR count). The maximum absolute atomic E-state index is 5.65. The van der Waals surface area contributed by atoms with Gasteiger partial charge in [0.15, 0.2) is 5.79 Å². The third kappa shape index (κ3) is 2.87. The molecule has 0 aromatic carbocycles. The van der Waals surface area contributed by atoms with Crippen LogP contribution in [0.3, 0.4) is 0 Å². The van der Waals surface area contributed by atoms with Crippen molar-refractivity contribution in [3.8, 4) is 0 Å². The van der Waals surface area contributed by atoms with E-state index in [0.29, 0.717) is 13.2 Å². The Morgan fingerprint density at radius 3 is 2.93 bits per heavy atom. The average molecular weight is 229 g/mol. The van der Waals surface area contributed by atoms with Gasteiger partial charge >= 0.3 is 0 Å².